The molecule has 2 atom stereocenters. The summed E-state index contributed by atoms with van der Waals surface area (Å²) < 4.78 is 25.6. The quantitative estimate of drug-likeness (QED) is 0.731. The fourth-order valence-electron chi connectivity index (χ4n) is 1.20. The average Bonchev–Trinajstić information content (AvgIpc) is 2.26. The number of rotatable bonds is 5. The van der Waals surface area contributed by atoms with Crippen LogP contribution in [0.25, 0.3) is 0 Å². The van der Waals surface area contributed by atoms with E-state index in [9.17, 15) is 18.3 Å². The van der Waals surface area contributed by atoms with Crippen molar-refractivity contribution in [3.8, 4) is 0 Å². The number of hydrogen-bond donors (Lipinski definition) is 3. The van der Waals surface area contributed by atoms with Crippen molar-refractivity contribution >= 4 is 27.6 Å². The molecule has 0 aromatic heterocycles. The molecule has 0 saturated heterocycles. The lowest BCUT2D eigenvalue weighted by Crippen LogP contribution is -2.47. The van der Waals surface area contributed by atoms with E-state index in [-0.39, 0.29) is 4.90 Å². The molecule has 0 fully saturated rings. The van der Waals surface area contributed by atoms with Crippen molar-refractivity contribution in [1.82, 2.24) is 4.72 Å². The van der Waals surface area contributed by atoms with Crippen molar-refractivity contribution in [3.63, 3.8) is 0 Å². The van der Waals surface area contributed by atoms with E-state index in [2.05, 4.69) is 0 Å². The second-order valence-electron chi connectivity index (χ2n) is 3.63. The van der Waals surface area contributed by atoms with Gasteiger partial charge in [-0.25, -0.2) is 8.42 Å². The average molecular weight is 294 g/mol. The van der Waals surface area contributed by atoms with E-state index < -0.39 is 28.1 Å². The molecule has 6 nitrogen and oxygen atoms in total. The topological polar surface area (TPSA) is 104 Å². The minimum Gasteiger partial charge on any atom is -0.480 e. The number of aliphatic hydroxyl groups is 1. The van der Waals surface area contributed by atoms with Gasteiger partial charge in [0.1, 0.15) is 6.04 Å². The summed E-state index contributed by atoms with van der Waals surface area (Å²) >= 11 is 5.62. The predicted molar refractivity (Wildman–Crippen MR) is 64.9 cm³/mol. The molecule has 8 heteroatoms. The van der Waals surface area contributed by atoms with Crippen molar-refractivity contribution in [3.05, 3.63) is 29.3 Å². The zero-order chi connectivity index (χ0) is 13.9. The van der Waals surface area contributed by atoms with Gasteiger partial charge in [-0.2, -0.15) is 4.72 Å². The number of halogens is 1. The second-order valence-corrected chi connectivity index (χ2v) is 5.78. The van der Waals surface area contributed by atoms with Gasteiger partial charge < -0.3 is 10.2 Å². The Balaban J connectivity index is 3.01. The van der Waals surface area contributed by atoms with Gasteiger partial charge >= 0.3 is 5.97 Å². The molecule has 0 spiro atoms. The largest absolute Gasteiger partial charge is 0.480 e. The molecule has 0 bridgehead atoms. The van der Waals surface area contributed by atoms with Crippen LogP contribution in [0.4, 0.5) is 0 Å². The number of benzene rings is 1. The minimum atomic E-state index is -4.02. The lowest BCUT2D eigenvalue weighted by atomic mass is 10.2. The Hall–Kier alpha value is -1.15. The van der Waals surface area contributed by atoms with Crippen LogP contribution >= 0.6 is 11.6 Å². The summed E-state index contributed by atoms with van der Waals surface area (Å²) in [6.45, 7) is 1.18. The van der Waals surface area contributed by atoms with Gasteiger partial charge in [-0.3, -0.25) is 4.79 Å². The van der Waals surface area contributed by atoms with Gasteiger partial charge in [-0.15, -0.1) is 0 Å². The highest BCUT2D eigenvalue weighted by Crippen LogP contribution is 2.14. The van der Waals surface area contributed by atoms with Gasteiger partial charge in [0.05, 0.1) is 11.0 Å². The molecule has 1 aromatic carbocycles. The molecule has 100 valence electrons. The van der Waals surface area contributed by atoms with Crippen molar-refractivity contribution in [2.24, 2.45) is 0 Å². The molecule has 2 unspecified atom stereocenters. The van der Waals surface area contributed by atoms with Gasteiger partial charge in [0.15, 0.2) is 0 Å². The van der Waals surface area contributed by atoms with Crippen molar-refractivity contribution in [2.75, 3.05) is 0 Å². The molecule has 0 amide bonds. The first kappa shape index (κ1) is 14.9. The smallest absolute Gasteiger partial charge is 0.324 e. The molecular weight excluding hydrogens is 282 g/mol. The maximum absolute atomic E-state index is 11.8. The SMILES string of the molecule is CC(O)C(NS(=O)(=O)c1ccc(Cl)cc1)C(=O)O. The van der Waals surface area contributed by atoms with Crippen molar-refractivity contribution in [1.29, 1.82) is 0 Å². The maximum atomic E-state index is 11.8. The van der Waals surface area contributed by atoms with E-state index in [1.54, 1.807) is 0 Å². The van der Waals surface area contributed by atoms with Gasteiger partial charge in [-0.05, 0) is 31.2 Å². The summed E-state index contributed by atoms with van der Waals surface area (Å²) in [7, 11) is -4.02. The molecule has 18 heavy (non-hydrogen) atoms. The summed E-state index contributed by atoms with van der Waals surface area (Å²) in [5.41, 5.74) is 0. The summed E-state index contributed by atoms with van der Waals surface area (Å²) in [6, 6.07) is 3.62. The number of carbonyl (C=O) groups is 1. The fourth-order valence-corrected chi connectivity index (χ4v) is 2.59. The Kier molecular flexibility index (Phi) is 4.69. The standard InChI is InChI=1S/C10H12ClNO5S/c1-6(13)9(10(14)15)12-18(16,17)8-4-2-7(11)3-5-8/h2-6,9,12-13H,1H3,(H,14,15). The number of carboxylic acid groups (broad SMARTS) is 1. The molecule has 0 aliphatic rings. The van der Waals surface area contributed by atoms with Crippen LogP contribution in [0.5, 0.6) is 0 Å². The first-order chi connectivity index (χ1) is 8.24. The third-order valence-corrected chi connectivity index (χ3v) is 3.86. The Morgan fingerprint density at radius 3 is 2.22 bits per heavy atom. The van der Waals surface area contributed by atoms with Crippen LogP contribution in [0, 0.1) is 0 Å². The first-order valence-electron chi connectivity index (χ1n) is 4.93. The molecule has 3 N–H and O–H groups in total. The Morgan fingerprint density at radius 1 is 1.33 bits per heavy atom. The van der Waals surface area contributed by atoms with E-state index >= 15 is 0 Å². The molecule has 0 aliphatic heterocycles. The Morgan fingerprint density at radius 2 is 1.83 bits per heavy atom. The zero-order valence-corrected chi connectivity index (χ0v) is 10.9. The van der Waals surface area contributed by atoms with Crippen LogP contribution in [-0.4, -0.2) is 36.7 Å². The third-order valence-electron chi connectivity index (χ3n) is 2.15. The molecule has 0 heterocycles. The number of carboxylic acids is 1. The molecule has 0 aliphatic carbocycles. The van der Waals surface area contributed by atoms with Crippen LogP contribution in [0.3, 0.4) is 0 Å². The molecule has 0 saturated carbocycles. The molecular formula is C10H12ClNO5S. The van der Waals surface area contributed by atoms with E-state index in [1.165, 1.54) is 31.2 Å². The Bertz CT molecular complexity index is 526. The van der Waals surface area contributed by atoms with Crippen molar-refractivity contribution in [2.45, 2.75) is 24.0 Å². The minimum absolute atomic E-state index is 0.126. The summed E-state index contributed by atoms with van der Waals surface area (Å²) in [4.78, 5) is 10.7. The van der Waals surface area contributed by atoms with Crippen LogP contribution in [0.1, 0.15) is 6.92 Å². The number of aliphatic carboxylic acids is 1. The normalized spacial score (nSPS) is 15.1. The first-order valence-corrected chi connectivity index (χ1v) is 6.79. The number of sulfonamides is 1. The highest BCUT2D eigenvalue weighted by atomic mass is 35.5. The van der Waals surface area contributed by atoms with E-state index in [0.29, 0.717) is 5.02 Å². The summed E-state index contributed by atoms with van der Waals surface area (Å²) in [5, 5.41) is 18.4. The van der Waals surface area contributed by atoms with Gasteiger partial charge in [-0.1, -0.05) is 11.6 Å². The zero-order valence-electron chi connectivity index (χ0n) is 9.37. The van der Waals surface area contributed by atoms with Crippen molar-refractivity contribution < 1.29 is 23.4 Å². The lowest BCUT2D eigenvalue weighted by molar-refractivity contribution is -0.141. The van der Waals surface area contributed by atoms with E-state index in [0.717, 1.165) is 0 Å². The van der Waals surface area contributed by atoms with Gasteiger partial charge in [0, 0.05) is 5.02 Å². The fraction of sp³-hybridized carbons (Fsp3) is 0.300. The lowest BCUT2D eigenvalue weighted by Gasteiger charge is -2.17. The van der Waals surface area contributed by atoms with Gasteiger partial charge in [0.25, 0.3) is 0 Å². The summed E-state index contributed by atoms with van der Waals surface area (Å²) in [5.74, 6) is -1.46. The van der Waals surface area contributed by atoms with Crippen LogP contribution in [-0.2, 0) is 14.8 Å². The predicted octanol–water partition coefficient (Wildman–Crippen LogP) is 0.452. The summed E-state index contributed by atoms with van der Waals surface area (Å²) in [6.07, 6.45) is -1.36. The number of aliphatic hydroxyl groups excluding tert-OH is 1. The molecule has 1 aromatic rings. The van der Waals surface area contributed by atoms with Gasteiger partial charge in [0.2, 0.25) is 10.0 Å². The number of hydrogen-bond acceptors (Lipinski definition) is 4. The highest BCUT2D eigenvalue weighted by Gasteiger charge is 2.29. The van der Waals surface area contributed by atoms with E-state index in [4.69, 9.17) is 16.7 Å². The molecule has 0 radical (unpaired) electrons. The third kappa shape index (κ3) is 3.67. The monoisotopic (exact) mass is 293 g/mol. The molecule has 1 rings (SSSR count). The van der Waals surface area contributed by atoms with E-state index in [1.807, 2.05) is 4.72 Å². The highest BCUT2D eigenvalue weighted by molar-refractivity contribution is 7.89. The maximum Gasteiger partial charge on any atom is 0.324 e. The van der Waals surface area contributed by atoms with Crippen LogP contribution in [0.15, 0.2) is 29.2 Å². The number of nitrogens with one attached hydrogen (secondary N) is 1. The van der Waals surface area contributed by atoms with Crippen LogP contribution in [0.2, 0.25) is 5.02 Å². The second kappa shape index (κ2) is 5.66. The van der Waals surface area contributed by atoms with Crippen LogP contribution < -0.4 is 4.72 Å². The Labute approximate surface area is 109 Å².